The summed E-state index contributed by atoms with van der Waals surface area (Å²) < 4.78 is 24.6. The van der Waals surface area contributed by atoms with Crippen molar-refractivity contribution >= 4 is 17.9 Å². The number of hydrogen-bond acceptors (Lipinski definition) is 9. The molecule has 4 rings (SSSR count). The zero-order valence-corrected chi connectivity index (χ0v) is 19.0. The molecule has 0 aliphatic heterocycles. The van der Waals surface area contributed by atoms with Crippen LogP contribution in [0.3, 0.4) is 0 Å². The van der Waals surface area contributed by atoms with E-state index in [1.807, 2.05) is 14.1 Å². The van der Waals surface area contributed by atoms with E-state index in [4.69, 9.17) is 10.5 Å². The molecule has 0 spiro atoms. The minimum absolute atomic E-state index is 0.0278. The van der Waals surface area contributed by atoms with Gasteiger partial charge in [-0.15, -0.1) is 5.10 Å². The number of benzene rings is 2. The molecule has 0 saturated heterocycles. The van der Waals surface area contributed by atoms with Crippen molar-refractivity contribution in [1.82, 2.24) is 30.7 Å². The first-order chi connectivity index (χ1) is 16.9. The molecular formula is C22H23FN9O3+. The summed E-state index contributed by atoms with van der Waals surface area (Å²) in [5, 5.41) is 19.2. The molecule has 0 atom stereocenters. The molecule has 0 unspecified atom stereocenters. The van der Waals surface area contributed by atoms with E-state index in [1.165, 1.54) is 23.0 Å². The van der Waals surface area contributed by atoms with Crippen LogP contribution in [0.15, 0.2) is 58.3 Å². The van der Waals surface area contributed by atoms with Crippen molar-refractivity contribution in [2.75, 3.05) is 19.8 Å². The van der Waals surface area contributed by atoms with Gasteiger partial charge in [0, 0.05) is 0 Å². The Morgan fingerprint density at radius 1 is 1.20 bits per heavy atom. The highest BCUT2D eigenvalue weighted by Gasteiger charge is 2.25. The number of amides is 1. The number of anilines is 1. The van der Waals surface area contributed by atoms with Gasteiger partial charge in [-0.1, -0.05) is 17.3 Å². The third-order valence-corrected chi connectivity index (χ3v) is 4.77. The van der Waals surface area contributed by atoms with E-state index in [0.717, 1.165) is 16.0 Å². The molecule has 0 aliphatic rings. The third kappa shape index (κ3) is 5.83. The Hall–Kier alpha value is -4.65. The fourth-order valence-electron chi connectivity index (χ4n) is 3.10. The minimum atomic E-state index is -0.543. The highest BCUT2D eigenvalue weighted by atomic mass is 19.1. The molecule has 12 nitrogen and oxygen atoms in total. The van der Waals surface area contributed by atoms with Crippen LogP contribution in [0.4, 0.5) is 10.2 Å². The normalized spacial score (nSPS) is 11.3. The Bertz CT molecular complexity index is 1310. The molecule has 4 aromatic rings. The highest BCUT2D eigenvalue weighted by molar-refractivity contribution is 5.94. The number of aromatic nitrogens is 5. The Labute approximate surface area is 199 Å². The molecule has 0 saturated carbocycles. The van der Waals surface area contributed by atoms with E-state index in [0.29, 0.717) is 24.6 Å². The summed E-state index contributed by atoms with van der Waals surface area (Å²) in [7, 11) is 3.82. The van der Waals surface area contributed by atoms with Crippen LogP contribution in [0.2, 0.25) is 0 Å². The first kappa shape index (κ1) is 23.5. The van der Waals surface area contributed by atoms with Gasteiger partial charge in [0.1, 0.15) is 30.4 Å². The monoisotopic (exact) mass is 480 g/mol. The number of ether oxygens (including phenoxy) is 1. The van der Waals surface area contributed by atoms with Crippen LogP contribution in [0.25, 0.3) is 5.82 Å². The van der Waals surface area contributed by atoms with Crippen molar-refractivity contribution in [3.8, 4) is 11.6 Å². The van der Waals surface area contributed by atoms with Gasteiger partial charge < -0.3 is 15.4 Å². The van der Waals surface area contributed by atoms with Gasteiger partial charge in [-0.2, -0.15) is 9.78 Å². The molecular weight excluding hydrogens is 457 g/mol. The van der Waals surface area contributed by atoms with Crippen LogP contribution in [0.1, 0.15) is 27.3 Å². The first-order valence-electron chi connectivity index (χ1n) is 10.5. The van der Waals surface area contributed by atoms with Crippen LogP contribution >= 0.6 is 0 Å². The number of nitrogens with one attached hydrogen (secondary N) is 2. The summed E-state index contributed by atoms with van der Waals surface area (Å²) >= 11 is 0. The van der Waals surface area contributed by atoms with E-state index in [2.05, 4.69) is 35.8 Å². The predicted octanol–water partition coefficient (Wildman–Crippen LogP) is 0.359. The van der Waals surface area contributed by atoms with Gasteiger partial charge in [0.2, 0.25) is 11.6 Å². The third-order valence-electron chi connectivity index (χ3n) is 4.77. The summed E-state index contributed by atoms with van der Waals surface area (Å²) in [6.45, 7) is 0.725. The Morgan fingerprint density at radius 2 is 1.94 bits per heavy atom. The number of nitrogens with two attached hydrogens (primary N) is 1. The van der Waals surface area contributed by atoms with E-state index in [1.54, 1.807) is 36.4 Å². The quantitative estimate of drug-likeness (QED) is 0.229. The van der Waals surface area contributed by atoms with Crippen LogP contribution in [-0.2, 0) is 13.2 Å². The topological polar surface area (TPSA) is 151 Å². The summed E-state index contributed by atoms with van der Waals surface area (Å²) in [6, 6.07) is 13.2. The average molecular weight is 480 g/mol. The predicted molar refractivity (Wildman–Crippen MR) is 122 cm³/mol. The molecule has 13 heteroatoms. The van der Waals surface area contributed by atoms with Crippen molar-refractivity contribution < 1.29 is 23.5 Å². The summed E-state index contributed by atoms with van der Waals surface area (Å²) in [5.74, 6) is -0.0123. The van der Waals surface area contributed by atoms with Crippen molar-refractivity contribution in [2.45, 2.75) is 13.2 Å². The summed E-state index contributed by atoms with van der Waals surface area (Å²) in [5.41, 5.74) is 10.4. The Balaban J connectivity index is 1.38. The molecule has 1 amide bonds. The molecule has 0 radical (unpaired) electrons. The van der Waals surface area contributed by atoms with Gasteiger partial charge in [0.25, 0.3) is 5.91 Å². The number of hydrogen-bond donors (Lipinski definition) is 3. The lowest BCUT2D eigenvalue weighted by atomic mass is 10.2. The van der Waals surface area contributed by atoms with E-state index >= 15 is 0 Å². The molecule has 0 fully saturated rings. The number of nitrogens with zero attached hydrogens (tertiary/aromatic N) is 6. The molecule has 2 heterocycles. The van der Waals surface area contributed by atoms with Gasteiger partial charge in [-0.05, 0) is 57.8 Å². The molecule has 4 N–H and O–H groups in total. The fraction of sp³-hybridized carbons (Fsp3) is 0.182. The molecule has 2 aromatic carbocycles. The highest BCUT2D eigenvalue weighted by Crippen LogP contribution is 2.16. The molecule has 2 aromatic heterocycles. The maximum absolute atomic E-state index is 13.0. The average Bonchev–Trinajstić information content (AvgIpc) is 3.44. The first-order valence-corrected chi connectivity index (χ1v) is 10.5. The maximum atomic E-state index is 13.0. The lowest BCUT2D eigenvalue weighted by molar-refractivity contribution is -0.873. The van der Waals surface area contributed by atoms with Crippen LogP contribution in [-0.4, -0.2) is 51.5 Å². The largest absolute Gasteiger partial charge is 0.489 e. The number of hydrazone groups is 1. The van der Waals surface area contributed by atoms with E-state index in [9.17, 15) is 9.18 Å². The smallest absolute Gasteiger partial charge is 0.294 e. The Kier molecular flexibility index (Phi) is 7.07. The lowest BCUT2D eigenvalue weighted by Crippen LogP contribution is -3.04. The fourth-order valence-corrected chi connectivity index (χ4v) is 3.10. The standard InChI is InChI=1S/C22H22FN9O3/c1-31(2)12-18-19(26-30-32(18)21-20(24)28-35-29-21)22(33)27-25-11-14-5-9-17(10-6-14)34-13-15-3-7-16(23)8-4-15/h3-11H,12-13H2,1-2H3,(H2,24,28)(H,27,33)/p+1. The lowest BCUT2D eigenvalue weighted by Gasteiger charge is -2.09. The number of halogens is 1. The maximum Gasteiger partial charge on any atom is 0.294 e. The van der Waals surface area contributed by atoms with Gasteiger partial charge in [-0.3, -0.25) is 4.79 Å². The van der Waals surface area contributed by atoms with Crippen molar-refractivity contribution in [1.29, 1.82) is 0 Å². The molecule has 0 bridgehead atoms. The van der Waals surface area contributed by atoms with Gasteiger partial charge in [0.05, 0.1) is 20.3 Å². The second-order valence-electron chi connectivity index (χ2n) is 7.84. The van der Waals surface area contributed by atoms with Gasteiger partial charge >= 0.3 is 0 Å². The van der Waals surface area contributed by atoms with E-state index in [-0.39, 0.29) is 23.1 Å². The van der Waals surface area contributed by atoms with Crippen LogP contribution in [0, 0.1) is 5.82 Å². The van der Waals surface area contributed by atoms with Gasteiger partial charge in [-0.25, -0.2) is 14.4 Å². The summed E-state index contributed by atoms with van der Waals surface area (Å²) in [4.78, 5) is 13.7. The number of quaternary nitrogens is 1. The summed E-state index contributed by atoms with van der Waals surface area (Å²) in [6.07, 6.45) is 1.49. The second kappa shape index (κ2) is 10.5. The number of rotatable bonds is 9. The number of nitrogen functional groups attached to an aromatic ring is 1. The number of carbonyl (C=O) groups is 1. The zero-order valence-electron chi connectivity index (χ0n) is 19.0. The zero-order chi connectivity index (χ0) is 24.8. The van der Waals surface area contributed by atoms with Crippen molar-refractivity contribution in [3.05, 3.63) is 76.9 Å². The Morgan fingerprint density at radius 3 is 2.60 bits per heavy atom. The van der Waals surface area contributed by atoms with Crippen LogP contribution < -0.4 is 20.8 Å². The van der Waals surface area contributed by atoms with Crippen LogP contribution in [0.5, 0.6) is 5.75 Å². The molecule has 180 valence electrons. The second-order valence-corrected chi connectivity index (χ2v) is 7.84. The van der Waals surface area contributed by atoms with Gasteiger partial charge in [0.15, 0.2) is 5.69 Å². The SMILES string of the molecule is C[NH+](C)Cc1c(C(=O)NN=Cc2ccc(OCc3ccc(F)cc3)cc2)nnn1-c1nonc1N. The number of carbonyl (C=O) groups excluding carboxylic acids is 1. The van der Waals surface area contributed by atoms with Crippen molar-refractivity contribution in [3.63, 3.8) is 0 Å². The molecule has 0 aliphatic carbocycles. The van der Waals surface area contributed by atoms with Crippen molar-refractivity contribution in [2.24, 2.45) is 5.10 Å². The minimum Gasteiger partial charge on any atom is -0.489 e. The molecule has 35 heavy (non-hydrogen) atoms. The van der Waals surface area contributed by atoms with E-state index < -0.39 is 5.91 Å².